The van der Waals surface area contributed by atoms with Gasteiger partial charge < -0.3 is 4.79 Å². The van der Waals surface area contributed by atoms with E-state index in [1.165, 1.54) is 12.8 Å². The lowest BCUT2D eigenvalue weighted by atomic mass is 9.99. The third-order valence-electron chi connectivity index (χ3n) is 2.54. The van der Waals surface area contributed by atoms with Crippen LogP contribution >= 0.6 is 0 Å². The molecule has 0 heterocycles. The molecule has 0 bridgehead atoms. The first-order valence-corrected chi connectivity index (χ1v) is 4.24. The SMILES string of the molecule is CCC[C@H](C)[C@@H]1C[C@H]1C=O. The molecule has 0 amide bonds. The molecule has 58 valence electrons. The lowest BCUT2D eigenvalue weighted by molar-refractivity contribution is -0.109. The summed E-state index contributed by atoms with van der Waals surface area (Å²) in [5.41, 5.74) is 0. The Bertz CT molecular complexity index is 120. The molecule has 3 atom stereocenters. The molecule has 0 aromatic rings. The second kappa shape index (κ2) is 3.18. The first-order chi connectivity index (χ1) is 4.79. The highest BCUT2D eigenvalue weighted by atomic mass is 16.1. The summed E-state index contributed by atoms with van der Waals surface area (Å²) in [6, 6.07) is 0. The van der Waals surface area contributed by atoms with E-state index >= 15 is 0 Å². The molecule has 1 fully saturated rings. The summed E-state index contributed by atoms with van der Waals surface area (Å²) in [7, 11) is 0. The molecule has 1 rings (SSSR count). The number of hydrogen-bond acceptors (Lipinski definition) is 1. The maximum Gasteiger partial charge on any atom is 0.123 e. The Morgan fingerprint density at radius 1 is 1.70 bits per heavy atom. The molecule has 0 spiro atoms. The highest BCUT2D eigenvalue weighted by Crippen LogP contribution is 2.44. The fourth-order valence-electron chi connectivity index (χ4n) is 1.72. The van der Waals surface area contributed by atoms with Crippen LogP contribution in [0.1, 0.15) is 33.1 Å². The Morgan fingerprint density at radius 2 is 2.40 bits per heavy atom. The molecular weight excluding hydrogens is 124 g/mol. The van der Waals surface area contributed by atoms with Crippen molar-refractivity contribution < 1.29 is 4.79 Å². The predicted molar refractivity (Wildman–Crippen MR) is 41.7 cm³/mol. The number of carbonyl (C=O) groups is 1. The van der Waals surface area contributed by atoms with Gasteiger partial charge in [-0.3, -0.25) is 0 Å². The van der Waals surface area contributed by atoms with Crippen LogP contribution < -0.4 is 0 Å². The Hall–Kier alpha value is -0.330. The third kappa shape index (κ3) is 1.59. The standard InChI is InChI=1S/C9H16O/c1-3-4-7(2)9-5-8(9)6-10/h6-9H,3-5H2,1-2H3/t7-,8-,9-/m0/s1. The average Bonchev–Trinajstić information content (AvgIpc) is 2.66. The van der Waals surface area contributed by atoms with E-state index in [0.717, 1.165) is 24.5 Å². The van der Waals surface area contributed by atoms with Crippen molar-refractivity contribution in [1.29, 1.82) is 0 Å². The van der Waals surface area contributed by atoms with Crippen molar-refractivity contribution in [2.24, 2.45) is 17.8 Å². The van der Waals surface area contributed by atoms with Crippen molar-refractivity contribution in [2.45, 2.75) is 33.1 Å². The number of rotatable bonds is 4. The Labute approximate surface area is 62.8 Å². The summed E-state index contributed by atoms with van der Waals surface area (Å²) in [4.78, 5) is 10.3. The average molecular weight is 140 g/mol. The zero-order valence-corrected chi connectivity index (χ0v) is 6.84. The summed E-state index contributed by atoms with van der Waals surface area (Å²) >= 11 is 0. The fourth-order valence-corrected chi connectivity index (χ4v) is 1.72. The van der Waals surface area contributed by atoms with Crippen LogP contribution in [-0.4, -0.2) is 6.29 Å². The van der Waals surface area contributed by atoms with E-state index in [4.69, 9.17) is 0 Å². The van der Waals surface area contributed by atoms with Gasteiger partial charge in [-0.15, -0.1) is 0 Å². The van der Waals surface area contributed by atoms with Crippen molar-refractivity contribution in [3.05, 3.63) is 0 Å². The second-order valence-corrected chi connectivity index (χ2v) is 3.47. The summed E-state index contributed by atoms with van der Waals surface area (Å²) in [5, 5.41) is 0. The van der Waals surface area contributed by atoms with Crippen LogP contribution in [0.2, 0.25) is 0 Å². The van der Waals surface area contributed by atoms with Crippen molar-refractivity contribution >= 4 is 6.29 Å². The van der Waals surface area contributed by atoms with Crippen molar-refractivity contribution in [3.63, 3.8) is 0 Å². The van der Waals surface area contributed by atoms with E-state index < -0.39 is 0 Å². The maximum absolute atomic E-state index is 10.3. The van der Waals surface area contributed by atoms with Crippen LogP contribution in [0.25, 0.3) is 0 Å². The minimum absolute atomic E-state index is 0.418. The van der Waals surface area contributed by atoms with Crippen LogP contribution in [0.5, 0.6) is 0 Å². The van der Waals surface area contributed by atoms with E-state index in [2.05, 4.69) is 13.8 Å². The summed E-state index contributed by atoms with van der Waals surface area (Å²) in [6.07, 6.45) is 4.82. The summed E-state index contributed by atoms with van der Waals surface area (Å²) < 4.78 is 0. The van der Waals surface area contributed by atoms with Crippen LogP contribution in [0.3, 0.4) is 0 Å². The Kier molecular flexibility index (Phi) is 2.47. The maximum atomic E-state index is 10.3. The van der Waals surface area contributed by atoms with Gasteiger partial charge in [0.15, 0.2) is 0 Å². The molecule has 0 aliphatic heterocycles. The zero-order chi connectivity index (χ0) is 7.56. The second-order valence-electron chi connectivity index (χ2n) is 3.47. The Balaban J connectivity index is 2.18. The largest absolute Gasteiger partial charge is 0.303 e. The van der Waals surface area contributed by atoms with Gasteiger partial charge in [-0.2, -0.15) is 0 Å². The monoisotopic (exact) mass is 140 g/mol. The molecule has 1 aliphatic rings. The van der Waals surface area contributed by atoms with E-state index in [9.17, 15) is 4.79 Å². The molecule has 1 aliphatic carbocycles. The van der Waals surface area contributed by atoms with Gasteiger partial charge in [-0.25, -0.2) is 0 Å². The first-order valence-electron chi connectivity index (χ1n) is 4.24. The molecule has 1 heteroatoms. The fraction of sp³-hybridized carbons (Fsp3) is 0.889. The van der Waals surface area contributed by atoms with Crippen LogP contribution in [0.4, 0.5) is 0 Å². The molecule has 0 saturated heterocycles. The summed E-state index contributed by atoms with van der Waals surface area (Å²) in [5.74, 6) is 1.93. The first kappa shape index (κ1) is 7.77. The highest BCUT2D eigenvalue weighted by Gasteiger charge is 2.39. The van der Waals surface area contributed by atoms with Gasteiger partial charge in [0.05, 0.1) is 0 Å². The van der Waals surface area contributed by atoms with Gasteiger partial charge in [-0.1, -0.05) is 26.7 Å². The minimum Gasteiger partial charge on any atom is -0.303 e. The van der Waals surface area contributed by atoms with E-state index in [1.54, 1.807) is 0 Å². The quantitative estimate of drug-likeness (QED) is 0.547. The lowest BCUT2D eigenvalue weighted by Gasteiger charge is -2.06. The van der Waals surface area contributed by atoms with Gasteiger partial charge in [0.25, 0.3) is 0 Å². The van der Waals surface area contributed by atoms with E-state index in [0.29, 0.717) is 5.92 Å². The topological polar surface area (TPSA) is 17.1 Å². The van der Waals surface area contributed by atoms with Crippen LogP contribution in [-0.2, 0) is 4.79 Å². The molecule has 10 heavy (non-hydrogen) atoms. The number of hydrogen-bond donors (Lipinski definition) is 0. The van der Waals surface area contributed by atoms with Crippen molar-refractivity contribution in [2.75, 3.05) is 0 Å². The molecule has 0 unspecified atom stereocenters. The predicted octanol–water partition coefficient (Wildman–Crippen LogP) is 2.26. The normalized spacial score (nSPS) is 33.4. The van der Waals surface area contributed by atoms with Gasteiger partial charge in [0.1, 0.15) is 6.29 Å². The molecule has 0 aromatic carbocycles. The molecule has 0 aromatic heterocycles. The van der Waals surface area contributed by atoms with Crippen molar-refractivity contribution in [1.82, 2.24) is 0 Å². The van der Waals surface area contributed by atoms with Gasteiger partial charge in [-0.05, 0) is 18.3 Å². The molecule has 0 radical (unpaired) electrons. The third-order valence-corrected chi connectivity index (χ3v) is 2.54. The molecular formula is C9H16O. The van der Waals surface area contributed by atoms with Crippen LogP contribution in [0.15, 0.2) is 0 Å². The molecule has 1 nitrogen and oxygen atoms in total. The Morgan fingerprint density at radius 3 is 2.80 bits per heavy atom. The smallest absolute Gasteiger partial charge is 0.123 e. The van der Waals surface area contributed by atoms with Gasteiger partial charge in [0.2, 0.25) is 0 Å². The lowest BCUT2D eigenvalue weighted by Crippen LogP contribution is -1.98. The molecule has 0 N–H and O–H groups in total. The highest BCUT2D eigenvalue weighted by molar-refractivity contribution is 5.58. The number of aldehydes is 1. The minimum atomic E-state index is 0.418. The van der Waals surface area contributed by atoms with Gasteiger partial charge in [0, 0.05) is 5.92 Å². The number of carbonyl (C=O) groups excluding carboxylic acids is 1. The summed E-state index contributed by atoms with van der Waals surface area (Å²) in [6.45, 7) is 4.46. The zero-order valence-electron chi connectivity index (χ0n) is 6.84. The van der Waals surface area contributed by atoms with Crippen molar-refractivity contribution in [3.8, 4) is 0 Å². The van der Waals surface area contributed by atoms with Crippen LogP contribution in [0, 0.1) is 17.8 Å². The van der Waals surface area contributed by atoms with Gasteiger partial charge >= 0.3 is 0 Å². The van der Waals surface area contributed by atoms with E-state index in [-0.39, 0.29) is 0 Å². The van der Waals surface area contributed by atoms with E-state index in [1.807, 2.05) is 0 Å². The molecule has 1 saturated carbocycles.